The number of nitrogens with zero attached hydrogens (tertiary/aromatic N) is 6. The summed E-state index contributed by atoms with van der Waals surface area (Å²) in [5.74, 6) is 0.783. The van der Waals surface area contributed by atoms with E-state index < -0.39 is 24.3 Å². The van der Waals surface area contributed by atoms with Crippen LogP contribution in [0.1, 0.15) is 19.3 Å². The van der Waals surface area contributed by atoms with Crippen molar-refractivity contribution in [3.05, 3.63) is 60.9 Å². The third-order valence-corrected chi connectivity index (χ3v) is 7.56. The number of alkyl halides is 1. The van der Waals surface area contributed by atoms with Gasteiger partial charge in [0.05, 0.1) is 6.04 Å². The normalized spacial score (nSPS) is 19.8. The number of urea groups is 1. The minimum Gasteiger partial charge on any atom is -0.391 e. The number of ether oxygens (including phenoxy) is 1. The molecular formula is C29H35FN8O3. The maximum atomic E-state index is 15.0. The summed E-state index contributed by atoms with van der Waals surface area (Å²) in [6.07, 6.45) is 3.30. The number of anilines is 2. The Bertz CT molecular complexity index is 1320. The Labute approximate surface area is 238 Å². The molecule has 0 aliphatic carbocycles. The summed E-state index contributed by atoms with van der Waals surface area (Å²) in [4.78, 5) is 43.8. The highest BCUT2D eigenvalue weighted by Crippen LogP contribution is 2.24. The topological polar surface area (TPSA) is 116 Å². The average Bonchev–Trinajstić information content (AvgIpc) is 2.99. The lowest BCUT2D eigenvalue weighted by Crippen LogP contribution is -2.55. The smallest absolute Gasteiger partial charge is 0.391 e. The van der Waals surface area contributed by atoms with Crippen molar-refractivity contribution in [3.8, 4) is 17.0 Å². The highest BCUT2D eigenvalue weighted by atomic mass is 19.1. The molecule has 0 saturated carbocycles. The summed E-state index contributed by atoms with van der Waals surface area (Å²) in [5.41, 5.74) is 1.95. The number of hydrogen-bond donors (Lipinski definition) is 2. The standard InChI is InChI=1S/C29H35FN8O3/c1-36-15-11-22(12-16-36)33-29(40)41-26-10-14-31-27(35-26)38-17-13-23(30)24(19-38)37(2)28(39)34-25-9-8-21(18-32-25)20-6-4-3-5-7-20/h3-10,14,18,22-24H,11-13,15-17,19H2,1-2H3,(H,33,40)(H,32,34,39)/t23-,24+/m1/s1. The van der Waals surface area contributed by atoms with Crippen molar-refractivity contribution in [3.63, 3.8) is 0 Å². The Morgan fingerprint density at radius 1 is 1.00 bits per heavy atom. The number of rotatable bonds is 6. The van der Waals surface area contributed by atoms with E-state index >= 15 is 4.39 Å². The first-order chi connectivity index (χ1) is 19.9. The Hall–Kier alpha value is -4.32. The first-order valence-electron chi connectivity index (χ1n) is 13.8. The van der Waals surface area contributed by atoms with Gasteiger partial charge in [0.25, 0.3) is 0 Å². The van der Waals surface area contributed by atoms with Crippen molar-refractivity contribution < 1.29 is 18.7 Å². The number of benzene rings is 1. The summed E-state index contributed by atoms with van der Waals surface area (Å²) in [5, 5.41) is 5.64. The predicted octanol–water partition coefficient (Wildman–Crippen LogP) is 3.80. The molecule has 3 aromatic rings. The van der Waals surface area contributed by atoms with E-state index in [0.717, 1.165) is 37.1 Å². The number of piperidine rings is 2. The van der Waals surface area contributed by atoms with Gasteiger partial charge in [0.1, 0.15) is 12.0 Å². The van der Waals surface area contributed by atoms with Crippen molar-refractivity contribution in [2.45, 2.75) is 37.5 Å². The third kappa shape index (κ3) is 7.26. The van der Waals surface area contributed by atoms with E-state index in [0.29, 0.717) is 18.3 Å². The van der Waals surface area contributed by atoms with Crippen molar-refractivity contribution >= 4 is 23.9 Å². The molecule has 2 fully saturated rings. The van der Waals surface area contributed by atoms with Crippen LogP contribution in [0.15, 0.2) is 60.9 Å². The zero-order valence-corrected chi connectivity index (χ0v) is 23.2. The maximum Gasteiger partial charge on any atom is 0.414 e. The molecule has 0 unspecified atom stereocenters. The van der Waals surface area contributed by atoms with Crippen molar-refractivity contribution in [1.82, 2.24) is 30.1 Å². The average molecular weight is 563 g/mol. The summed E-state index contributed by atoms with van der Waals surface area (Å²) in [7, 11) is 3.61. The Morgan fingerprint density at radius 2 is 1.78 bits per heavy atom. The number of hydrogen-bond acceptors (Lipinski definition) is 8. The Morgan fingerprint density at radius 3 is 2.51 bits per heavy atom. The van der Waals surface area contributed by atoms with Crippen molar-refractivity contribution in [2.75, 3.05) is 50.5 Å². The first kappa shape index (κ1) is 28.2. The van der Waals surface area contributed by atoms with Gasteiger partial charge < -0.3 is 24.8 Å². The number of nitrogens with one attached hydrogen (secondary N) is 2. The van der Waals surface area contributed by atoms with Gasteiger partial charge in [-0.3, -0.25) is 5.32 Å². The lowest BCUT2D eigenvalue weighted by atomic mass is 10.0. The zero-order chi connectivity index (χ0) is 28.8. The van der Waals surface area contributed by atoms with E-state index in [1.165, 1.54) is 17.2 Å². The van der Waals surface area contributed by atoms with Gasteiger partial charge in [0, 0.05) is 50.2 Å². The number of carbonyl (C=O) groups is 2. The second kappa shape index (κ2) is 12.9. The summed E-state index contributed by atoms with van der Waals surface area (Å²) in [6, 6.07) is 13.7. The number of carbonyl (C=O) groups excluding carboxylic acids is 2. The Balaban J connectivity index is 1.17. The van der Waals surface area contributed by atoms with Gasteiger partial charge in [0.15, 0.2) is 0 Å². The molecule has 0 bridgehead atoms. The van der Waals surface area contributed by atoms with Crippen LogP contribution in [-0.2, 0) is 0 Å². The van der Waals surface area contributed by atoms with Crippen LogP contribution in [0.4, 0.5) is 25.7 Å². The second-order valence-electron chi connectivity index (χ2n) is 10.5. The van der Waals surface area contributed by atoms with Gasteiger partial charge >= 0.3 is 12.1 Å². The molecule has 4 heterocycles. The van der Waals surface area contributed by atoms with E-state index in [2.05, 4.69) is 37.5 Å². The zero-order valence-electron chi connectivity index (χ0n) is 23.2. The number of likely N-dealkylation sites (N-methyl/N-ethyl adjacent to an activating group) is 1. The fourth-order valence-electron chi connectivity index (χ4n) is 5.05. The lowest BCUT2D eigenvalue weighted by molar-refractivity contribution is 0.133. The molecule has 5 rings (SSSR count). The minimum atomic E-state index is -1.23. The van der Waals surface area contributed by atoms with Gasteiger partial charge in [-0.05, 0) is 57.1 Å². The van der Waals surface area contributed by atoms with E-state index in [-0.39, 0.29) is 24.9 Å². The fourth-order valence-corrected chi connectivity index (χ4v) is 5.05. The van der Waals surface area contributed by atoms with Crippen LogP contribution >= 0.6 is 0 Å². The molecule has 41 heavy (non-hydrogen) atoms. The van der Waals surface area contributed by atoms with E-state index in [9.17, 15) is 9.59 Å². The third-order valence-electron chi connectivity index (χ3n) is 7.56. The predicted molar refractivity (Wildman–Crippen MR) is 154 cm³/mol. The summed E-state index contributed by atoms with van der Waals surface area (Å²) >= 11 is 0. The molecule has 2 atom stereocenters. The summed E-state index contributed by atoms with van der Waals surface area (Å²) in [6.45, 7) is 2.37. The van der Waals surface area contributed by atoms with Crippen LogP contribution in [-0.4, -0.2) is 95.4 Å². The van der Waals surface area contributed by atoms with E-state index in [1.54, 1.807) is 24.2 Å². The molecule has 0 spiro atoms. The lowest BCUT2D eigenvalue weighted by Gasteiger charge is -2.39. The van der Waals surface area contributed by atoms with Crippen LogP contribution in [0.3, 0.4) is 0 Å². The molecule has 2 saturated heterocycles. The quantitative estimate of drug-likeness (QED) is 0.466. The number of pyridine rings is 1. The molecule has 216 valence electrons. The molecule has 11 nitrogen and oxygen atoms in total. The van der Waals surface area contributed by atoms with Gasteiger partial charge in [0.2, 0.25) is 11.8 Å². The molecule has 3 amide bonds. The Kier molecular flexibility index (Phi) is 8.88. The molecule has 2 aliphatic heterocycles. The van der Waals surface area contributed by atoms with Crippen LogP contribution in [0.25, 0.3) is 11.1 Å². The molecular weight excluding hydrogens is 527 g/mol. The van der Waals surface area contributed by atoms with E-state index in [1.807, 2.05) is 36.4 Å². The maximum absolute atomic E-state index is 15.0. The first-order valence-corrected chi connectivity index (χ1v) is 13.8. The molecule has 12 heteroatoms. The van der Waals surface area contributed by atoms with Gasteiger partial charge in [-0.2, -0.15) is 4.98 Å². The van der Waals surface area contributed by atoms with Crippen LogP contribution < -0.4 is 20.3 Å². The van der Waals surface area contributed by atoms with E-state index in [4.69, 9.17) is 4.74 Å². The van der Waals surface area contributed by atoms with Gasteiger partial charge in [-0.15, -0.1) is 0 Å². The highest BCUT2D eigenvalue weighted by Gasteiger charge is 2.35. The largest absolute Gasteiger partial charge is 0.414 e. The fraction of sp³-hybridized carbons (Fsp3) is 0.414. The summed E-state index contributed by atoms with van der Waals surface area (Å²) < 4.78 is 20.5. The molecule has 2 N–H and O–H groups in total. The van der Waals surface area contributed by atoms with Crippen LogP contribution in [0, 0.1) is 0 Å². The molecule has 2 aliphatic rings. The molecule has 1 aromatic carbocycles. The van der Waals surface area contributed by atoms with Crippen LogP contribution in [0.2, 0.25) is 0 Å². The molecule has 2 aromatic heterocycles. The number of likely N-dealkylation sites (tertiary alicyclic amines) is 1. The van der Waals surface area contributed by atoms with Crippen molar-refractivity contribution in [1.29, 1.82) is 0 Å². The monoisotopic (exact) mass is 562 g/mol. The van der Waals surface area contributed by atoms with Gasteiger partial charge in [-0.25, -0.2) is 23.9 Å². The highest BCUT2D eigenvalue weighted by molar-refractivity contribution is 5.88. The molecule has 0 radical (unpaired) electrons. The number of aromatic nitrogens is 3. The number of amides is 3. The van der Waals surface area contributed by atoms with Gasteiger partial charge in [-0.1, -0.05) is 30.3 Å². The second-order valence-corrected chi connectivity index (χ2v) is 10.5. The van der Waals surface area contributed by atoms with Crippen LogP contribution in [0.5, 0.6) is 5.88 Å². The SMILES string of the molecule is CN1CCC(NC(=O)Oc2ccnc(N3CC[C@@H](F)[C@@H](N(C)C(=O)Nc4ccc(-c5ccccc5)cn4)C3)n2)CC1. The number of halogens is 1. The van der Waals surface area contributed by atoms with Crippen molar-refractivity contribution in [2.24, 2.45) is 0 Å². The minimum absolute atomic E-state index is 0.0584.